The Kier molecular flexibility index (Phi) is 2.87. The molecule has 15 heavy (non-hydrogen) atoms. The molecule has 3 nitrogen and oxygen atoms in total. The molecule has 0 bridgehead atoms. The van der Waals surface area contributed by atoms with E-state index < -0.39 is 0 Å². The first-order valence-electron chi connectivity index (χ1n) is 4.76. The van der Waals surface area contributed by atoms with Crippen molar-refractivity contribution in [3.05, 3.63) is 40.7 Å². The first-order chi connectivity index (χ1) is 7.27. The van der Waals surface area contributed by atoms with Crippen LogP contribution >= 0.6 is 11.3 Å². The highest BCUT2D eigenvalue weighted by atomic mass is 32.1. The standard InChI is InChI=1S/C11H13N3S/c1-8(9-4-6-15-7-9)14-10-3-2-5-13-11(10)12/h2-8,14H,1H3,(H2,12,13). The number of nitrogens with zero attached hydrogens (tertiary/aromatic N) is 1. The van der Waals surface area contributed by atoms with E-state index in [1.54, 1.807) is 17.5 Å². The Morgan fingerprint density at radius 1 is 1.47 bits per heavy atom. The van der Waals surface area contributed by atoms with E-state index in [-0.39, 0.29) is 6.04 Å². The number of nitrogens with two attached hydrogens (primary N) is 1. The van der Waals surface area contributed by atoms with E-state index in [0.29, 0.717) is 5.82 Å². The summed E-state index contributed by atoms with van der Waals surface area (Å²) in [5.41, 5.74) is 7.90. The van der Waals surface area contributed by atoms with Gasteiger partial charge in [-0.1, -0.05) is 0 Å². The number of nitrogens with one attached hydrogen (secondary N) is 1. The second kappa shape index (κ2) is 4.31. The van der Waals surface area contributed by atoms with Crippen molar-refractivity contribution in [1.29, 1.82) is 0 Å². The highest BCUT2D eigenvalue weighted by molar-refractivity contribution is 7.07. The van der Waals surface area contributed by atoms with E-state index in [2.05, 4.69) is 34.1 Å². The lowest BCUT2D eigenvalue weighted by Gasteiger charge is -2.14. The highest BCUT2D eigenvalue weighted by Gasteiger charge is 2.07. The Bertz CT molecular complexity index is 425. The number of nitrogen functional groups attached to an aromatic ring is 1. The molecule has 78 valence electrons. The minimum Gasteiger partial charge on any atom is -0.382 e. The Hall–Kier alpha value is -1.55. The summed E-state index contributed by atoms with van der Waals surface area (Å²) in [5, 5.41) is 7.53. The lowest BCUT2D eigenvalue weighted by molar-refractivity contribution is 0.890. The van der Waals surface area contributed by atoms with Crippen molar-refractivity contribution >= 4 is 22.8 Å². The van der Waals surface area contributed by atoms with Gasteiger partial charge >= 0.3 is 0 Å². The van der Waals surface area contributed by atoms with Gasteiger partial charge in [0.25, 0.3) is 0 Å². The number of hydrogen-bond donors (Lipinski definition) is 2. The maximum absolute atomic E-state index is 5.75. The van der Waals surface area contributed by atoms with Gasteiger partial charge in [0.1, 0.15) is 5.82 Å². The van der Waals surface area contributed by atoms with Crippen LogP contribution in [0.4, 0.5) is 11.5 Å². The summed E-state index contributed by atoms with van der Waals surface area (Å²) in [5.74, 6) is 0.541. The molecule has 0 aromatic carbocycles. The van der Waals surface area contributed by atoms with Gasteiger partial charge in [0.05, 0.1) is 5.69 Å². The van der Waals surface area contributed by atoms with Crippen LogP contribution < -0.4 is 11.1 Å². The zero-order chi connectivity index (χ0) is 10.7. The van der Waals surface area contributed by atoms with Crippen LogP contribution in [0.25, 0.3) is 0 Å². The summed E-state index contributed by atoms with van der Waals surface area (Å²) in [6, 6.07) is 6.17. The number of thiophene rings is 1. The quantitative estimate of drug-likeness (QED) is 0.834. The molecular weight excluding hydrogens is 206 g/mol. The van der Waals surface area contributed by atoms with Crippen molar-refractivity contribution in [1.82, 2.24) is 4.98 Å². The van der Waals surface area contributed by atoms with Crippen LogP contribution in [0, 0.1) is 0 Å². The molecule has 2 aromatic rings. The lowest BCUT2D eigenvalue weighted by atomic mass is 10.2. The molecule has 3 N–H and O–H groups in total. The van der Waals surface area contributed by atoms with Crippen LogP contribution in [-0.4, -0.2) is 4.98 Å². The van der Waals surface area contributed by atoms with Crippen molar-refractivity contribution in [2.24, 2.45) is 0 Å². The molecule has 0 saturated carbocycles. The van der Waals surface area contributed by atoms with Crippen LogP contribution in [0.1, 0.15) is 18.5 Å². The topological polar surface area (TPSA) is 50.9 Å². The van der Waals surface area contributed by atoms with Crippen molar-refractivity contribution in [3.63, 3.8) is 0 Å². The Balaban J connectivity index is 2.13. The van der Waals surface area contributed by atoms with Crippen LogP contribution in [0.3, 0.4) is 0 Å². The molecule has 1 unspecified atom stereocenters. The Morgan fingerprint density at radius 2 is 2.33 bits per heavy atom. The van der Waals surface area contributed by atoms with Crippen LogP contribution in [0.2, 0.25) is 0 Å². The van der Waals surface area contributed by atoms with Crippen molar-refractivity contribution < 1.29 is 0 Å². The molecule has 0 fully saturated rings. The third-order valence-electron chi connectivity index (χ3n) is 2.25. The fourth-order valence-corrected chi connectivity index (χ4v) is 2.13. The summed E-state index contributed by atoms with van der Waals surface area (Å²) >= 11 is 1.70. The molecule has 0 aliphatic heterocycles. The first kappa shape index (κ1) is 9.98. The Morgan fingerprint density at radius 3 is 3.00 bits per heavy atom. The van der Waals surface area contributed by atoms with E-state index in [1.165, 1.54) is 5.56 Å². The minimum absolute atomic E-state index is 0.253. The van der Waals surface area contributed by atoms with Crippen LogP contribution in [-0.2, 0) is 0 Å². The fraction of sp³-hybridized carbons (Fsp3) is 0.182. The SMILES string of the molecule is CC(Nc1cccnc1N)c1ccsc1. The molecule has 0 aliphatic rings. The lowest BCUT2D eigenvalue weighted by Crippen LogP contribution is -2.08. The van der Waals surface area contributed by atoms with Gasteiger partial charge in [-0.05, 0) is 41.4 Å². The molecule has 2 aromatic heterocycles. The van der Waals surface area contributed by atoms with E-state index in [0.717, 1.165) is 5.69 Å². The number of pyridine rings is 1. The van der Waals surface area contributed by atoms with Gasteiger partial charge in [-0.15, -0.1) is 0 Å². The minimum atomic E-state index is 0.253. The summed E-state index contributed by atoms with van der Waals surface area (Å²) in [7, 11) is 0. The first-order valence-corrected chi connectivity index (χ1v) is 5.71. The van der Waals surface area contributed by atoms with Gasteiger partial charge in [0.15, 0.2) is 0 Å². The molecular formula is C11H13N3S. The zero-order valence-corrected chi connectivity index (χ0v) is 9.29. The van der Waals surface area contributed by atoms with Gasteiger partial charge in [0.2, 0.25) is 0 Å². The van der Waals surface area contributed by atoms with Gasteiger partial charge in [-0.2, -0.15) is 11.3 Å². The van der Waals surface area contributed by atoms with Crippen LogP contribution in [0.15, 0.2) is 35.2 Å². The largest absolute Gasteiger partial charge is 0.382 e. The maximum atomic E-state index is 5.75. The summed E-state index contributed by atoms with van der Waals surface area (Å²) < 4.78 is 0. The highest BCUT2D eigenvalue weighted by Crippen LogP contribution is 2.23. The summed E-state index contributed by atoms with van der Waals surface area (Å²) in [6.45, 7) is 2.11. The molecule has 2 heterocycles. The summed E-state index contributed by atoms with van der Waals surface area (Å²) in [4.78, 5) is 4.03. The van der Waals surface area contributed by atoms with Crippen LogP contribution in [0.5, 0.6) is 0 Å². The number of aromatic nitrogens is 1. The average Bonchev–Trinajstić information content (AvgIpc) is 2.74. The average molecular weight is 219 g/mol. The van der Waals surface area contributed by atoms with Crippen molar-refractivity contribution in [2.75, 3.05) is 11.1 Å². The Labute approximate surface area is 93.0 Å². The molecule has 0 saturated heterocycles. The van der Waals surface area contributed by atoms with Crippen molar-refractivity contribution in [2.45, 2.75) is 13.0 Å². The smallest absolute Gasteiger partial charge is 0.146 e. The van der Waals surface area contributed by atoms with Gasteiger partial charge in [-0.25, -0.2) is 4.98 Å². The third kappa shape index (κ3) is 2.27. The zero-order valence-electron chi connectivity index (χ0n) is 8.47. The van der Waals surface area contributed by atoms with Gasteiger partial charge in [0, 0.05) is 12.2 Å². The predicted molar refractivity (Wildman–Crippen MR) is 65.0 cm³/mol. The monoisotopic (exact) mass is 219 g/mol. The van der Waals surface area contributed by atoms with E-state index in [1.807, 2.05) is 12.1 Å². The molecule has 0 spiro atoms. The summed E-state index contributed by atoms with van der Waals surface area (Å²) in [6.07, 6.45) is 1.69. The third-order valence-corrected chi connectivity index (χ3v) is 2.96. The second-order valence-corrected chi connectivity index (χ2v) is 4.14. The predicted octanol–water partition coefficient (Wildman–Crippen LogP) is 2.90. The van der Waals surface area contributed by atoms with E-state index in [9.17, 15) is 0 Å². The van der Waals surface area contributed by atoms with Crippen molar-refractivity contribution in [3.8, 4) is 0 Å². The molecule has 0 amide bonds. The number of rotatable bonds is 3. The van der Waals surface area contributed by atoms with E-state index in [4.69, 9.17) is 5.73 Å². The molecule has 0 aliphatic carbocycles. The molecule has 2 rings (SSSR count). The molecule has 4 heteroatoms. The van der Waals surface area contributed by atoms with Gasteiger partial charge < -0.3 is 11.1 Å². The van der Waals surface area contributed by atoms with E-state index >= 15 is 0 Å². The maximum Gasteiger partial charge on any atom is 0.146 e. The van der Waals surface area contributed by atoms with Gasteiger partial charge in [-0.3, -0.25) is 0 Å². The molecule has 1 atom stereocenters. The number of anilines is 2. The second-order valence-electron chi connectivity index (χ2n) is 3.36. The molecule has 0 radical (unpaired) electrons. The normalized spacial score (nSPS) is 12.3. The fourth-order valence-electron chi connectivity index (χ4n) is 1.38. The number of hydrogen-bond acceptors (Lipinski definition) is 4.